The van der Waals surface area contributed by atoms with E-state index in [-0.39, 0.29) is 18.1 Å². The molecule has 24 heavy (non-hydrogen) atoms. The van der Waals surface area contributed by atoms with Gasteiger partial charge in [0.1, 0.15) is 11.5 Å². The number of hydrogen-bond acceptors (Lipinski definition) is 3. The molecule has 2 aliphatic rings. The summed E-state index contributed by atoms with van der Waals surface area (Å²) in [5, 5.41) is 5.82. The maximum absolute atomic E-state index is 12.4. The lowest BCUT2D eigenvalue weighted by Gasteiger charge is -2.34. The van der Waals surface area contributed by atoms with Crippen molar-refractivity contribution < 1.29 is 14.0 Å². The standard InChI is InChI=1S/C17H26N4O3/c1-12-3-4-15(24-12)13(2)19-17(23)20-8-5-14(6-9-20)11-21-10-7-18-16(21)22/h3-4,13-14H,5-11H2,1-2H3,(H,18,22)(H,19,23). The SMILES string of the molecule is Cc1ccc(C(C)NC(=O)N2CCC(CN3CCNC3=O)CC2)o1. The lowest BCUT2D eigenvalue weighted by atomic mass is 9.96. The monoisotopic (exact) mass is 334 g/mol. The van der Waals surface area contributed by atoms with Gasteiger partial charge in [-0.2, -0.15) is 0 Å². The van der Waals surface area contributed by atoms with E-state index in [1.165, 1.54) is 0 Å². The minimum atomic E-state index is -0.141. The molecule has 4 amide bonds. The molecule has 0 saturated carbocycles. The minimum absolute atomic E-state index is 0.0396. The Bertz CT molecular complexity index is 592. The van der Waals surface area contributed by atoms with Crippen molar-refractivity contribution in [2.75, 3.05) is 32.7 Å². The molecule has 3 heterocycles. The van der Waals surface area contributed by atoms with Crippen LogP contribution >= 0.6 is 0 Å². The van der Waals surface area contributed by atoms with E-state index in [1.54, 1.807) is 0 Å². The van der Waals surface area contributed by atoms with Crippen molar-refractivity contribution in [2.45, 2.75) is 32.7 Å². The molecule has 7 nitrogen and oxygen atoms in total. The number of rotatable bonds is 4. The summed E-state index contributed by atoms with van der Waals surface area (Å²) in [5.74, 6) is 2.09. The minimum Gasteiger partial charge on any atom is -0.464 e. The Morgan fingerprint density at radius 3 is 2.71 bits per heavy atom. The maximum atomic E-state index is 12.4. The van der Waals surface area contributed by atoms with Gasteiger partial charge < -0.3 is 24.9 Å². The fourth-order valence-corrected chi connectivity index (χ4v) is 3.35. The van der Waals surface area contributed by atoms with Crippen molar-refractivity contribution >= 4 is 12.1 Å². The third-order valence-electron chi connectivity index (χ3n) is 4.85. The zero-order valence-electron chi connectivity index (χ0n) is 14.4. The van der Waals surface area contributed by atoms with Gasteiger partial charge in [0.05, 0.1) is 6.04 Å². The summed E-state index contributed by atoms with van der Waals surface area (Å²) in [5.41, 5.74) is 0. The fourth-order valence-electron chi connectivity index (χ4n) is 3.35. The quantitative estimate of drug-likeness (QED) is 0.885. The van der Waals surface area contributed by atoms with Crippen molar-refractivity contribution in [3.63, 3.8) is 0 Å². The molecule has 1 aromatic heterocycles. The topological polar surface area (TPSA) is 77.8 Å². The molecule has 132 valence electrons. The first kappa shape index (κ1) is 16.7. The van der Waals surface area contributed by atoms with Crippen LogP contribution in [-0.4, -0.2) is 54.6 Å². The number of aryl methyl sites for hydroxylation is 1. The van der Waals surface area contributed by atoms with Gasteiger partial charge in [-0.1, -0.05) is 0 Å². The molecule has 0 radical (unpaired) electrons. The zero-order chi connectivity index (χ0) is 17.1. The number of hydrogen-bond donors (Lipinski definition) is 2. The van der Waals surface area contributed by atoms with Gasteiger partial charge in [0, 0.05) is 32.7 Å². The molecule has 1 aromatic rings. The number of furan rings is 1. The van der Waals surface area contributed by atoms with Crippen molar-refractivity contribution in [1.82, 2.24) is 20.4 Å². The molecule has 1 atom stereocenters. The van der Waals surface area contributed by atoms with Crippen molar-refractivity contribution in [3.05, 3.63) is 23.7 Å². The maximum Gasteiger partial charge on any atom is 0.317 e. The van der Waals surface area contributed by atoms with Gasteiger partial charge in [-0.15, -0.1) is 0 Å². The molecule has 2 aliphatic heterocycles. The highest BCUT2D eigenvalue weighted by Gasteiger charge is 2.28. The Morgan fingerprint density at radius 2 is 2.12 bits per heavy atom. The molecule has 2 fully saturated rings. The van der Waals surface area contributed by atoms with Gasteiger partial charge in [0.25, 0.3) is 0 Å². The van der Waals surface area contributed by atoms with E-state index >= 15 is 0 Å². The smallest absolute Gasteiger partial charge is 0.317 e. The average Bonchev–Trinajstić information content (AvgIpc) is 3.17. The molecule has 0 spiro atoms. The Labute approximate surface area is 142 Å². The van der Waals surface area contributed by atoms with Crippen LogP contribution in [0.15, 0.2) is 16.5 Å². The van der Waals surface area contributed by atoms with Crippen LogP contribution in [0.25, 0.3) is 0 Å². The van der Waals surface area contributed by atoms with Crippen LogP contribution in [0.5, 0.6) is 0 Å². The summed E-state index contributed by atoms with van der Waals surface area (Å²) in [4.78, 5) is 27.7. The second-order valence-corrected chi connectivity index (χ2v) is 6.73. The summed E-state index contributed by atoms with van der Waals surface area (Å²) >= 11 is 0. The fraction of sp³-hybridized carbons (Fsp3) is 0.647. The number of piperidine rings is 1. The number of nitrogens with one attached hydrogen (secondary N) is 2. The predicted molar refractivity (Wildman–Crippen MR) is 89.7 cm³/mol. The lowest BCUT2D eigenvalue weighted by Crippen LogP contribution is -2.46. The summed E-state index contributed by atoms with van der Waals surface area (Å²) in [6, 6.07) is 3.65. The molecule has 0 aliphatic carbocycles. The number of urea groups is 2. The Kier molecular flexibility index (Phi) is 4.97. The van der Waals surface area contributed by atoms with Gasteiger partial charge in [0.15, 0.2) is 0 Å². The largest absolute Gasteiger partial charge is 0.464 e. The first-order valence-corrected chi connectivity index (χ1v) is 8.67. The van der Waals surface area contributed by atoms with E-state index < -0.39 is 0 Å². The molecule has 3 rings (SSSR count). The molecule has 0 bridgehead atoms. The Morgan fingerprint density at radius 1 is 1.38 bits per heavy atom. The predicted octanol–water partition coefficient (Wildman–Crippen LogP) is 2.10. The van der Waals surface area contributed by atoms with E-state index in [0.29, 0.717) is 5.92 Å². The van der Waals surface area contributed by atoms with Crippen LogP contribution in [0.2, 0.25) is 0 Å². The molecule has 2 saturated heterocycles. The van der Waals surface area contributed by atoms with Gasteiger partial charge in [-0.25, -0.2) is 9.59 Å². The summed E-state index contributed by atoms with van der Waals surface area (Å²) in [7, 11) is 0. The van der Waals surface area contributed by atoms with Gasteiger partial charge in [0.2, 0.25) is 0 Å². The Balaban J connectivity index is 1.44. The molecule has 2 N–H and O–H groups in total. The van der Waals surface area contributed by atoms with Crippen LogP contribution < -0.4 is 10.6 Å². The van der Waals surface area contributed by atoms with E-state index in [4.69, 9.17) is 4.42 Å². The van der Waals surface area contributed by atoms with E-state index in [1.807, 2.05) is 35.8 Å². The van der Waals surface area contributed by atoms with Crippen LogP contribution in [0.4, 0.5) is 9.59 Å². The molecular formula is C17H26N4O3. The molecule has 1 unspecified atom stereocenters. The highest BCUT2D eigenvalue weighted by Crippen LogP contribution is 2.21. The van der Waals surface area contributed by atoms with Crippen molar-refractivity contribution in [2.24, 2.45) is 5.92 Å². The highest BCUT2D eigenvalue weighted by atomic mass is 16.3. The highest BCUT2D eigenvalue weighted by molar-refractivity contribution is 5.76. The van der Waals surface area contributed by atoms with E-state index in [2.05, 4.69) is 10.6 Å². The van der Waals surface area contributed by atoms with Crippen molar-refractivity contribution in [1.29, 1.82) is 0 Å². The number of carbonyl (C=O) groups is 2. The summed E-state index contributed by atoms with van der Waals surface area (Å²) < 4.78 is 5.56. The number of amides is 4. The normalized spacial score (nSPS) is 20.2. The van der Waals surface area contributed by atoms with Gasteiger partial charge in [-0.3, -0.25) is 0 Å². The zero-order valence-corrected chi connectivity index (χ0v) is 14.4. The second kappa shape index (κ2) is 7.15. The van der Waals surface area contributed by atoms with E-state index in [9.17, 15) is 9.59 Å². The first-order chi connectivity index (χ1) is 11.5. The average molecular weight is 334 g/mol. The lowest BCUT2D eigenvalue weighted by molar-refractivity contribution is 0.152. The van der Waals surface area contributed by atoms with Crippen LogP contribution in [0.3, 0.4) is 0 Å². The number of carbonyl (C=O) groups excluding carboxylic acids is 2. The molecule has 0 aromatic carbocycles. The molecule has 7 heteroatoms. The Hall–Kier alpha value is -2.18. The first-order valence-electron chi connectivity index (χ1n) is 8.67. The van der Waals surface area contributed by atoms with Gasteiger partial charge in [-0.05, 0) is 44.7 Å². The van der Waals surface area contributed by atoms with E-state index in [0.717, 1.165) is 57.1 Å². The summed E-state index contributed by atoms with van der Waals surface area (Å²) in [6.45, 7) is 7.61. The third kappa shape index (κ3) is 3.83. The molecular weight excluding hydrogens is 308 g/mol. The van der Waals surface area contributed by atoms with Crippen LogP contribution in [0, 0.1) is 12.8 Å². The van der Waals surface area contributed by atoms with Crippen LogP contribution in [0.1, 0.15) is 37.3 Å². The van der Waals surface area contributed by atoms with Gasteiger partial charge >= 0.3 is 12.1 Å². The van der Waals surface area contributed by atoms with Crippen molar-refractivity contribution in [3.8, 4) is 0 Å². The summed E-state index contributed by atoms with van der Waals surface area (Å²) in [6.07, 6.45) is 1.87. The number of nitrogens with zero attached hydrogens (tertiary/aromatic N) is 2. The second-order valence-electron chi connectivity index (χ2n) is 6.73. The van der Waals surface area contributed by atoms with Crippen LogP contribution in [-0.2, 0) is 0 Å². The number of likely N-dealkylation sites (tertiary alicyclic amines) is 1. The third-order valence-corrected chi connectivity index (χ3v) is 4.85.